The molecule has 16 heavy (non-hydrogen) atoms. The monoisotopic (exact) mass is 225 g/mol. The van der Waals surface area contributed by atoms with Crippen molar-refractivity contribution in [3.8, 4) is 0 Å². The lowest BCUT2D eigenvalue weighted by molar-refractivity contribution is 0.145. The summed E-state index contributed by atoms with van der Waals surface area (Å²) in [6.45, 7) is 2.45. The smallest absolute Gasteiger partial charge is 0.0108 e. The molecule has 0 aromatic rings. The van der Waals surface area contributed by atoms with Gasteiger partial charge in [-0.2, -0.15) is 0 Å². The first-order chi connectivity index (χ1) is 7.66. The molecule has 2 unspecified atom stereocenters. The molecule has 0 spiro atoms. The van der Waals surface area contributed by atoms with E-state index >= 15 is 0 Å². The third kappa shape index (κ3) is 2.96. The van der Waals surface area contributed by atoms with E-state index < -0.39 is 0 Å². The van der Waals surface area contributed by atoms with Crippen LogP contribution in [0.1, 0.15) is 38.5 Å². The first-order valence-corrected chi connectivity index (χ1v) is 6.86. The first kappa shape index (κ1) is 12.3. The van der Waals surface area contributed by atoms with E-state index in [9.17, 15) is 0 Å². The second kappa shape index (κ2) is 5.48. The van der Waals surface area contributed by atoms with Crippen LogP contribution in [0.25, 0.3) is 0 Å². The molecule has 2 fully saturated rings. The molecule has 2 rings (SSSR count). The highest BCUT2D eigenvalue weighted by molar-refractivity contribution is 4.87. The maximum atomic E-state index is 6.46. The summed E-state index contributed by atoms with van der Waals surface area (Å²) >= 11 is 0. The molecular weight excluding hydrogens is 198 g/mol. The van der Waals surface area contributed by atoms with Gasteiger partial charge >= 0.3 is 0 Å². The summed E-state index contributed by atoms with van der Waals surface area (Å²) in [5.41, 5.74) is 12.4. The van der Waals surface area contributed by atoms with Crippen LogP contribution in [-0.2, 0) is 0 Å². The van der Waals surface area contributed by atoms with Gasteiger partial charge < -0.3 is 16.4 Å². The number of nitrogens with two attached hydrogens (primary N) is 2. The predicted octanol–water partition coefficient (Wildman–Crippen LogP) is 1.17. The second-order valence-electron chi connectivity index (χ2n) is 5.92. The molecule has 4 N–H and O–H groups in total. The number of likely N-dealkylation sites (tertiary alicyclic amines) is 1. The number of rotatable bonds is 2. The third-order valence-electron chi connectivity index (χ3n) is 4.57. The Labute approximate surface area is 99.5 Å². The van der Waals surface area contributed by atoms with E-state index in [2.05, 4.69) is 11.9 Å². The highest BCUT2D eigenvalue weighted by Crippen LogP contribution is 2.31. The van der Waals surface area contributed by atoms with E-state index in [1.165, 1.54) is 51.6 Å². The van der Waals surface area contributed by atoms with Crippen molar-refractivity contribution in [1.29, 1.82) is 0 Å². The molecule has 0 aromatic heterocycles. The lowest BCUT2D eigenvalue weighted by Crippen LogP contribution is -2.47. The van der Waals surface area contributed by atoms with Gasteiger partial charge in [0.25, 0.3) is 0 Å². The Morgan fingerprint density at radius 1 is 1.06 bits per heavy atom. The van der Waals surface area contributed by atoms with Crippen LogP contribution >= 0.6 is 0 Å². The number of hydrogen-bond donors (Lipinski definition) is 2. The molecule has 0 amide bonds. The van der Waals surface area contributed by atoms with E-state index in [1.54, 1.807) is 0 Å². The van der Waals surface area contributed by atoms with E-state index in [0.29, 0.717) is 12.1 Å². The molecule has 1 saturated carbocycles. The summed E-state index contributed by atoms with van der Waals surface area (Å²) in [5.74, 6) is 1.45. The summed E-state index contributed by atoms with van der Waals surface area (Å²) in [5, 5.41) is 0. The Balaban J connectivity index is 1.84. The molecule has 1 saturated heterocycles. The molecule has 1 heterocycles. The summed E-state index contributed by atoms with van der Waals surface area (Å²) in [6, 6.07) is 0.854. The van der Waals surface area contributed by atoms with Crippen molar-refractivity contribution in [3.05, 3.63) is 0 Å². The fraction of sp³-hybridized carbons (Fsp3) is 1.00. The Morgan fingerprint density at radius 2 is 1.75 bits per heavy atom. The van der Waals surface area contributed by atoms with Gasteiger partial charge in [-0.25, -0.2) is 0 Å². The van der Waals surface area contributed by atoms with Crippen molar-refractivity contribution in [3.63, 3.8) is 0 Å². The molecule has 0 radical (unpaired) electrons. The average Bonchev–Trinajstić information content (AvgIpc) is 2.29. The molecule has 94 valence electrons. The van der Waals surface area contributed by atoms with Gasteiger partial charge in [-0.1, -0.05) is 0 Å². The Bertz CT molecular complexity index is 211. The molecule has 2 aliphatic rings. The van der Waals surface area contributed by atoms with Crippen LogP contribution in [0.15, 0.2) is 0 Å². The topological polar surface area (TPSA) is 55.3 Å². The Morgan fingerprint density at radius 3 is 2.38 bits per heavy atom. The lowest BCUT2D eigenvalue weighted by Gasteiger charge is -2.39. The number of hydrogen-bond acceptors (Lipinski definition) is 3. The van der Waals surface area contributed by atoms with E-state index in [1.807, 2.05) is 0 Å². The molecule has 2 atom stereocenters. The van der Waals surface area contributed by atoms with Gasteiger partial charge in [-0.05, 0) is 64.0 Å². The normalized spacial score (nSPS) is 39.6. The minimum atomic E-state index is 0.412. The zero-order valence-corrected chi connectivity index (χ0v) is 10.6. The second-order valence-corrected chi connectivity index (χ2v) is 5.92. The van der Waals surface area contributed by atoms with E-state index in [-0.39, 0.29) is 0 Å². The zero-order chi connectivity index (χ0) is 11.5. The van der Waals surface area contributed by atoms with Crippen LogP contribution in [-0.4, -0.2) is 37.1 Å². The third-order valence-corrected chi connectivity index (χ3v) is 4.57. The highest BCUT2D eigenvalue weighted by Gasteiger charge is 2.31. The molecule has 1 aliphatic heterocycles. The highest BCUT2D eigenvalue weighted by atomic mass is 15.1. The maximum absolute atomic E-state index is 6.46. The fourth-order valence-electron chi connectivity index (χ4n) is 3.44. The van der Waals surface area contributed by atoms with Gasteiger partial charge in [-0.3, -0.25) is 0 Å². The van der Waals surface area contributed by atoms with Gasteiger partial charge in [-0.15, -0.1) is 0 Å². The van der Waals surface area contributed by atoms with Gasteiger partial charge in [0.1, 0.15) is 0 Å². The predicted molar refractivity (Wildman–Crippen MR) is 68.1 cm³/mol. The van der Waals surface area contributed by atoms with Gasteiger partial charge in [0.15, 0.2) is 0 Å². The van der Waals surface area contributed by atoms with Gasteiger partial charge in [0.2, 0.25) is 0 Å². The molecule has 0 bridgehead atoms. The van der Waals surface area contributed by atoms with E-state index in [0.717, 1.165) is 11.8 Å². The zero-order valence-electron chi connectivity index (χ0n) is 10.6. The first-order valence-electron chi connectivity index (χ1n) is 6.86. The Kier molecular flexibility index (Phi) is 4.22. The summed E-state index contributed by atoms with van der Waals surface area (Å²) in [6.07, 6.45) is 7.52. The summed E-state index contributed by atoms with van der Waals surface area (Å²) in [4.78, 5) is 2.43. The standard InChI is InChI=1S/C13H27N3/c1-16-8-2-3-11(9-16)13(15)10-4-6-12(14)7-5-10/h10-13H,2-9,14-15H2,1H3. The van der Waals surface area contributed by atoms with Gasteiger partial charge in [0.05, 0.1) is 0 Å². The quantitative estimate of drug-likeness (QED) is 0.742. The van der Waals surface area contributed by atoms with Crippen LogP contribution in [0.2, 0.25) is 0 Å². The summed E-state index contributed by atoms with van der Waals surface area (Å²) in [7, 11) is 2.22. The van der Waals surface area contributed by atoms with Crippen molar-refractivity contribution in [2.45, 2.75) is 50.6 Å². The van der Waals surface area contributed by atoms with Crippen LogP contribution < -0.4 is 11.5 Å². The van der Waals surface area contributed by atoms with Gasteiger partial charge in [0, 0.05) is 18.6 Å². The fourth-order valence-corrected chi connectivity index (χ4v) is 3.44. The molecule has 0 aromatic carbocycles. The van der Waals surface area contributed by atoms with Crippen LogP contribution in [0.4, 0.5) is 0 Å². The molecule has 3 nitrogen and oxygen atoms in total. The summed E-state index contributed by atoms with van der Waals surface area (Å²) < 4.78 is 0. The molecule has 3 heteroatoms. The van der Waals surface area contributed by atoms with Crippen LogP contribution in [0.3, 0.4) is 0 Å². The number of piperidine rings is 1. The largest absolute Gasteiger partial charge is 0.328 e. The van der Waals surface area contributed by atoms with Crippen molar-refractivity contribution in [1.82, 2.24) is 4.90 Å². The Hall–Kier alpha value is -0.120. The van der Waals surface area contributed by atoms with E-state index in [4.69, 9.17) is 11.5 Å². The molecule has 1 aliphatic carbocycles. The lowest BCUT2D eigenvalue weighted by atomic mass is 9.76. The minimum Gasteiger partial charge on any atom is -0.328 e. The van der Waals surface area contributed by atoms with Crippen molar-refractivity contribution < 1.29 is 0 Å². The van der Waals surface area contributed by atoms with Crippen molar-refractivity contribution in [2.75, 3.05) is 20.1 Å². The van der Waals surface area contributed by atoms with Crippen molar-refractivity contribution >= 4 is 0 Å². The average molecular weight is 225 g/mol. The number of nitrogens with zero attached hydrogens (tertiary/aromatic N) is 1. The molecular formula is C13H27N3. The maximum Gasteiger partial charge on any atom is 0.0108 e. The van der Waals surface area contributed by atoms with Crippen LogP contribution in [0.5, 0.6) is 0 Å². The van der Waals surface area contributed by atoms with Crippen LogP contribution in [0, 0.1) is 11.8 Å². The minimum absolute atomic E-state index is 0.412. The SMILES string of the molecule is CN1CCCC(C(N)C2CCC(N)CC2)C1. The van der Waals surface area contributed by atoms with Crippen molar-refractivity contribution in [2.24, 2.45) is 23.3 Å².